The highest BCUT2D eigenvalue weighted by atomic mass is 32.2. The second-order valence-electron chi connectivity index (χ2n) is 3.64. The molecule has 0 aliphatic carbocycles. The molecule has 2 N–H and O–H groups in total. The lowest BCUT2D eigenvalue weighted by Gasteiger charge is -2.01. The zero-order chi connectivity index (χ0) is 12.6. The van der Waals surface area contributed by atoms with Crippen LogP contribution in [0, 0.1) is 0 Å². The Morgan fingerprint density at radius 1 is 1.17 bits per heavy atom. The lowest BCUT2D eigenvalue weighted by atomic mass is 10.3. The molecular weight excluding hydrogens is 270 g/mol. The van der Waals surface area contributed by atoms with Crippen LogP contribution in [0.15, 0.2) is 46.0 Å². The van der Waals surface area contributed by atoms with Crippen LogP contribution in [-0.4, -0.2) is 18.4 Å². The van der Waals surface area contributed by atoms with E-state index in [-0.39, 0.29) is 10.2 Å². The Bertz CT molecular complexity index is 743. The van der Waals surface area contributed by atoms with Gasteiger partial charge in [0, 0.05) is 0 Å². The number of imidazole rings is 1. The molecule has 3 rings (SSSR count). The molecule has 0 aliphatic rings. The van der Waals surface area contributed by atoms with Gasteiger partial charge in [-0.3, -0.25) is 0 Å². The Kier molecular flexibility index (Phi) is 2.57. The summed E-state index contributed by atoms with van der Waals surface area (Å²) in [6.45, 7) is 0. The molecule has 0 fully saturated rings. The van der Waals surface area contributed by atoms with E-state index >= 15 is 0 Å². The summed E-state index contributed by atoms with van der Waals surface area (Å²) in [5, 5.41) is 1.72. The SMILES string of the molecule is O=S(=O)(Nc1nc2ccccc2[nH]1)c1cccs1. The molecule has 1 aromatic carbocycles. The lowest BCUT2D eigenvalue weighted by Crippen LogP contribution is -2.12. The number of aromatic amines is 1. The Morgan fingerprint density at radius 2 is 2.00 bits per heavy atom. The van der Waals surface area contributed by atoms with Crippen LogP contribution in [-0.2, 0) is 10.0 Å². The summed E-state index contributed by atoms with van der Waals surface area (Å²) in [5.41, 5.74) is 1.52. The first-order valence-electron chi connectivity index (χ1n) is 5.16. The maximum absolute atomic E-state index is 12.0. The topological polar surface area (TPSA) is 74.8 Å². The zero-order valence-electron chi connectivity index (χ0n) is 9.12. The summed E-state index contributed by atoms with van der Waals surface area (Å²) in [7, 11) is -3.54. The van der Waals surface area contributed by atoms with Gasteiger partial charge in [0.1, 0.15) is 4.21 Å². The summed E-state index contributed by atoms with van der Waals surface area (Å²) in [6.07, 6.45) is 0. The van der Waals surface area contributed by atoms with E-state index in [0.717, 1.165) is 22.4 Å². The second kappa shape index (κ2) is 4.11. The Hall–Kier alpha value is -1.86. The zero-order valence-corrected chi connectivity index (χ0v) is 10.8. The lowest BCUT2D eigenvalue weighted by molar-refractivity contribution is 0.603. The molecule has 92 valence electrons. The number of fused-ring (bicyclic) bond motifs is 1. The van der Waals surface area contributed by atoms with E-state index in [1.165, 1.54) is 0 Å². The van der Waals surface area contributed by atoms with E-state index in [1.54, 1.807) is 17.5 Å². The minimum Gasteiger partial charge on any atom is -0.323 e. The molecule has 5 nitrogen and oxygen atoms in total. The van der Waals surface area contributed by atoms with Crippen molar-refractivity contribution in [2.24, 2.45) is 0 Å². The van der Waals surface area contributed by atoms with Crippen LogP contribution in [0.2, 0.25) is 0 Å². The molecule has 0 unspecified atom stereocenters. The van der Waals surface area contributed by atoms with E-state index in [4.69, 9.17) is 0 Å². The Labute approximate surface area is 108 Å². The number of rotatable bonds is 3. The summed E-state index contributed by atoms with van der Waals surface area (Å²) >= 11 is 1.16. The van der Waals surface area contributed by atoms with Crippen molar-refractivity contribution in [2.75, 3.05) is 4.72 Å². The normalized spacial score (nSPS) is 11.8. The smallest absolute Gasteiger partial charge is 0.273 e. The maximum atomic E-state index is 12.0. The number of hydrogen-bond donors (Lipinski definition) is 2. The first kappa shape index (κ1) is 11.2. The number of benzene rings is 1. The van der Waals surface area contributed by atoms with Crippen LogP contribution >= 0.6 is 11.3 Å². The molecule has 3 aromatic rings. The number of anilines is 1. The van der Waals surface area contributed by atoms with Gasteiger partial charge in [-0.15, -0.1) is 11.3 Å². The first-order chi connectivity index (χ1) is 8.65. The number of aromatic nitrogens is 2. The third-order valence-electron chi connectivity index (χ3n) is 2.38. The van der Waals surface area contributed by atoms with Gasteiger partial charge in [-0.1, -0.05) is 18.2 Å². The van der Waals surface area contributed by atoms with Crippen LogP contribution in [0.4, 0.5) is 5.95 Å². The highest BCUT2D eigenvalue weighted by Gasteiger charge is 2.16. The molecule has 0 saturated carbocycles. The Balaban J connectivity index is 1.97. The molecule has 0 bridgehead atoms. The minimum absolute atomic E-state index is 0.226. The number of nitrogens with zero attached hydrogens (tertiary/aromatic N) is 1. The van der Waals surface area contributed by atoms with Crippen LogP contribution < -0.4 is 4.72 Å². The van der Waals surface area contributed by atoms with Gasteiger partial charge < -0.3 is 4.98 Å². The van der Waals surface area contributed by atoms with Gasteiger partial charge in [0.25, 0.3) is 10.0 Å². The molecule has 2 aromatic heterocycles. The molecule has 0 saturated heterocycles. The van der Waals surface area contributed by atoms with Crippen molar-refractivity contribution in [2.45, 2.75) is 4.21 Å². The first-order valence-corrected chi connectivity index (χ1v) is 7.52. The fraction of sp³-hybridized carbons (Fsp3) is 0. The van der Waals surface area contributed by atoms with Crippen molar-refractivity contribution >= 4 is 38.3 Å². The third-order valence-corrected chi connectivity index (χ3v) is 5.12. The molecule has 0 radical (unpaired) electrons. The fourth-order valence-corrected chi connectivity index (χ4v) is 3.55. The van der Waals surface area contributed by atoms with E-state index < -0.39 is 10.0 Å². The third kappa shape index (κ3) is 1.98. The summed E-state index contributed by atoms with van der Waals surface area (Å²) in [4.78, 5) is 7.08. The molecular formula is C11H9N3O2S2. The molecule has 0 spiro atoms. The number of thiophene rings is 1. The summed E-state index contributed by atoms with van der Waals surface area (Å²) < 4.78 is 26.7. The largest absolute Gasteiger partial charge is 0.323 e. The molecule has 0 aliphatic heterocycles. The van der Waals surface area contributed by atoms with Crippen molar-refractivity contribution in [3.8, 4) is 0 Å². The average Bonchev–Trinajstić information content (AvgIpc) is 2.96. The number of para-hydroxylation sites is 2. The van der Waals surface area contributed by atoms with Crippen LogP contribution in [0.25, 0.3) is 11.0 Å². The molecule has 0 amide bonds. The number of sulfonamides is 1. The predicted octanol–water partition coefficient (Wildman–Crippen LogP) is 2.43. The average molecular weight is 279 g/mol. The predicted molar refractivity (Wildman–Crippen MR) is 71.2 cm³/mol. The fourth-order valence-electron chi connectivity index (χ4n) is 1.60. The van der Waals surface area contributed by atoms with E-state index in [1.807, 2.05) is 24.3 Å². The van der Waals surface area contributed by atoms with Gasteiger partial charge >= 0.3 is 0 Å². The minimum atomic E-state index is -3.54. The molecule has 18 heavy (non-hydrogen) atoms. The quantitative estimate of drug-likeness (QED) is 0.773. The van der Waals surface area contributed by atoms with Gasteiger partial charge in [0.2, 0.25) is 5.95 Å². The van der Waals surface area contributed by atoms with Crippen molar-refractivity contribution < 1.29 is 8.42 Å². The maximum Gasteiger partial charge on any atom is 0.273 e. The number of H-pyrrole nitrogens is 1. The highest BCUT2D eigenvalue weighted by molar-refractivity contribution is 7.94. The van der Waals surface area contributed by atoms with Gasteiger partial charge in [-0.25, -0.2) is 18.1 Å². The summed E-state index contributed by atoms with van der Waals surface area (Å²) in [6, 6.07) is 10.6. The second-order valence-corrected chi connectivity index (χ2v) is 6.50. The molecule has 0 atom stereocenters. The highest BCUT2D eigenvalue weighted by Crippen LogP contribution is 2.20. The van der Waals surface area contributed by atoms with Crippen molar-refractivity contribution in [3.63, 3.8) is 0 Å². The number of nitrogens with one attached hydrogen (secondary N) is 2. The van der Waals surface area contributed by atoms with Gasteiger partial charge in [0.05, 0.1) is 11.0 Å². The standard InChI is InChI=1S/C11H9N3O2S2/c15-18(16,10-6-3-7-17-10)14-11-12-8-4-1-2-5-9(8)13-11/h1-7H,(H2,12,13,14). The van der Waals surface area contributed by atoms with E-state index in [9.17, 15) is 8.42 Å². The van der Waals surface area contributed by atoms with Crippen molar-refractivity contribution in [1.29, 1.82) is 0 Å². The molecule has 2 heterocycles. The van der Waals surface area contributed by atoms with E-state index in [2.05, 4.69) is 14.7 Å². The summed E-state index contributed by atoms with van der Waals surface area (Å²) in [5.74, 6) is 0.226. The monoisotopic (exact) mass is 279 g/mol. The van der Waals surface area contributed by atoms with Gasteiger partial charge in [-0.05, 0) is 23.6 Å². The van der Waals surface area contributed by atoms with Crippen LogP contribution in [0.3, 0.4) is 0 Å². The molecule has 7 heteroatoms. The van der Waals surface area contributed by atoms with Gasteiger partial charge in [-0.2, -0.15) is 0 Å². The van der Waals surface area contributed by atoms with Gasteiger partial charge in [0.15, 0.2) is 0 Å². The van der Waals surface area contributed by atoms with Crippen molar-refractivity contribution in [3.05, 3.63) is 41.8 Å². The van der Waals surface area contributed by atoms with Crippen molar-refractivity contribution in [1.82, 2.24) is 9.97 Å². The van der Waals surface area contributed by atoms with Crippen LogP contribution in [0.1, 0.15) is 0 Å². The number of hydrogen-bond acceptors (Lipinski definition) is 4. The van der Waals surface area contributed by atoms with Crippen LogP contribution in [0.5, 0.6) is 0 Å². The van der Waals surface area contributed by atoms with E-state index in [0.29, 0.717) is 0 Å². The Morgan fingerprint density at radius 3 is 2.72 bits per heavy atom.